The number of hydrogen-bond acceptors (Lipinski definition) is 5. The molecule has 1 fully saturated rings. The van der Waals surface area contributed by atoms with Crippen LogP contribution in [0.5, 0.6) is 0 Å². The van der Waals surface area contributed by atoms with Gasteiger partial charge in [0.25, 0.3) is 0 Å². The van der Waals surface area contributed by atoms with Gasteiger partial charge in [0, 0.05) is 18.7 Å². The molecule has 1 aromatic heterocycles. The molecule has 2 heterocycles. The highest BCUT2D eigenvalue weighted by molar-refractivity contribution is 5.84. The Bertz CT molecular complexity index is 1330. The van der Waals surface area contributed by atoms with Crippen LogP contribution in [0.4, 0.5) is 13.2 Å². The summed E-state index contributed by atoms with van der Waals surface area (Å²) in [5, 5.41) is 0. The van der Waals surface area contributed by atoms with E-state index < -0.39 is 17.5 Å². The number of allylic oxidation sites excluding steroid dienone is 1. The Morgan fingerprint density at radius 3 is 2.47 bits per heavy atom. The number of aromatic nitrogens is 2. The van der Waals surface area contributed by atoms with Crippen molar-refractivity contribution in [2.24, 2.45) is 10.9 Å². The van der Waals surface area contributed by atoms with Gasteiger partial charge >= 0.3 is 5.97 Å². The number of aliphatic imine (C=N–C) groups is 1. The molecule has 6 nitrogen and oxygen atoms in total. The average molecular weight is 498 g/mol. The van der Waals surface area contributed by atoms with Crippen molar-refractivity contribution in [1.82, 2.24) is 9.97 Å². The van der Waals surface area contributed by atoms with Crippen LogP contribution in [-0.4, -0.2) is 34.5 Å². The molecule has 9 heteroatoms. The summed E-state index contributed by atoms with van der Waals surface area (Å²) in [4.78, 5) is 23.3. The molecule has 1 N–H and O–H groups in total. The molecule has 0 atom stereocenters. The Morgan fingerprint density at radius 1 is 1.06 bits per heavy atom. The van der Waals surface area contributed by atoms with Gasteiger partial charge in [-0.3, -0.25) is 4.79 Å². The molecule has 0 saturated heterocycles. The van der Waals surface area contributed by atoms with Crippen LogP contribution in [0.25, 0.3) is 28.0 Å². The minimum absolute atomic E-state index is 0.00107. The van der Waals surface area contributed by atoms with Crippen LogP contribution in [-0.2, 0) is 14.3 Å². The molecule has 36 heavy (non-hydrogen) atoms. The van der Waals surface area contributed by atoms with Crippen LogP contribution in [0.3, 0.4) is 0 Å². The van der Waals surface area contributed by atoms with Gasteiger partial charge in [-0.1, -0.05) is 0 Å². The molecule has 0 spiro atoms. The minimum atomic E-state index is -0.769. The van der Waals surface area contributed by atoms with Crippen LogP contribution in [0.2, 0.25) is 0 Å². The first-order valence-corrected chi connectivity index (χ1v) is 12.2. The molecule has 188 valence electrons. The Kier molecular flexibility index (Phi) is 6.80. The van der Waals surface area contributed by atoms with Gasteiger partial charge < -0.3 is 14.5 Å². The van der Waals surface area contributed by atoms with Crippen molar-refractivity contribution >= 4 is 28.5 Å². The van der Waals surface area contributed by atoms with Crippen LogP contribution in [0.15, 0.2) is 41.5 Å². The first-order valence-electron chi connectivity index (χ1n) is 12.2. The molecular formula is C27H26F3N3O3. The third-order valence-corrected chi connectivity index (χ3v) is 6.66. The van der Waals surface area contributed by atoms with Crippen molar-refractivity contribution in [2.75, 3.05) is 6.61 Å². The summed E-state index contributed by atoms with van der Waals surface area (Å²) in [6.45, 7) is 2.19. The molecule has 2 aliphatic rings. The summed E-state index contributed by atoms with van der Waals surface area (Å²) >= 11 is 0. The summed E-state index contributed by atoms with van der Waals surface area (Å²) in [6, 6.07) is 6.45. The lowest BCUT2D eigenvalue weighted by atomic mass is 9.87. The molecule has 2 aromatic carbocycles. The number of hydrogen-bond donors (Lipinski definition) is 1. The standard InChI is InChI=1S/C27H26F3N3O3/c1-2-35-27(34)15-3-7-19(8-4-15)36-24-10-5-16(14-31-24)17-11-20(29)25(21(30)12-17)26-32-22-9-6-18(28)13-23(22)33-26/h6,9,11-15,19H,2-5,7-8,10H2,1H3,(H,32,33)/t15-,19+. The second kappa shape index (κ2) is 10.2. The topological polar surface area (TPSA) is 76.6 Å². The third-order valence-electron chi connectivity index (χ3n) is 6.66. The van der Waals surface area contributed by atoms with Gasteiger partial charge in [0.1, 0.15) is 29.4 Å². The van der Waals surface area contributed by atoms with Gasteiger partial charge in [-0.15, -0.1) is 0 Å². The Morgan fingerprint density at radius 2 is 1.81 bits per heavy atom. The highest BCUT2D eigenvalue weighted by Crippen LogP contribution is 2.33. The van der Waals surface area contributed by atoms with Crippen molar-refractivity contribution in [1.29, 1.82) is 0 Å². The fourth-order valence-electron chi connectivity index (χ4n) is 4.78. The molecule has 0 amide bonds. The fourth-order valence-corrected chi connectivity index (χ4v) is 4.78. The monoisotopic (exact) mass is 497 g/mol. The highest BCUT2D eigenvalue weighted by Gasteiger charge is 2.29. The molecule has 0 radical (unpaired) electrons. The lowest BCUT2D eigenvalue weighted by molar-refractivity contribution is -0.149. The second-order valence-electron chi connectivity index (χ2n) is 9.08. The molecular weight excluding hydrogens is 471 g/mol. The number of ether oxygens (including phenoxy) is 2. The van der Waals surface area contributed by atoms with E-state index in [0.717, 1.165) is 25.7 Å². The molecule has 3 aromatic rings. The molecule has 0 bridgehead atoms. The quantitative estimate of drug-likeness (QED) is 0.419. The van der Waals surface area contributed by atoms with Gasteiger partial charge in [0.15, 0.2) is 5.90 Å². The van der Waals surface area contributed by atoms with Crippen LogP contribution < -0.4 is 0 Å². The smallest absolute Gasteiger partial charge is 0.308 e. The number of esters is 1. The van der Waals surface area contributed by atoms with E-state index in [9.17, 15) is 18.0 Å². The maximum Gasteiger partial charge on any atom is 0.308 e. The minimum Gasteiger partial charge on any atom is -0.477 e. The number of benzene rings is 2. The van der Waals surface area contributed by atoms with Crippen molar-refractivity contribution in [3.05, 3.63) is 59.5 Å². The van der Waals surface area contributed by atoms with Crippen molar-refractivity contribution in [2.45, 2.75) is 51.6 Å². The van der Waals surface area contributed by atoms with E-state index in [1.54, 1.807) is 13.1 Å². The summed E-state index contributed by atoms with van der Waals surface area (Å²) in [5.74, 6) is -1.64. The van der Waals surface area contributed by atoms with Gasteiger partial charge in [-0.25, -0.2) is 23.1 Å². The number of imidazole rings is 1. The number of carbonyl (C=O) groups excluding carboxylic acids is 1. The van der Waals surface area contributed by atoms with Crippen molar-refractivity contribution in [3.63, 3.8) is 0 Å². The zero-order valence-corrected chi connectivity index (χ0v) is 19.8. The van der Waals surface area contributed by atoms with Crippen LogP contribution >= 0.6 is 0 Å². The van der Waals surface area contributed by atoms with E-state index >= 15 is 0 Å². The van der Waals surface area contributed by atoms with E-state index in [0.29, 0.717) is 47.5 Å². The number of nitrogens with one attached hydrogen (secondary N) is 1. The highest BCUT2D eigenvalue weighted by atomic mass is 19.1. The number of fused-ring (bicyclic) bond motifs is 1. The average Bonchev–Trinajstić information content (AvgIpc) is 3.27. The van der Waals surface area contributed by atoms with Gasteiger partial charge in [0.05, 0.1) is 29.1 Å². The number of aromatic amines is 1. The maximum atomic E-state index is 15.0. The molecule has 1 saturated carbocycles. The van der Waals surface area contributed by atoms with Crippen LogP contribution in [0.1, 0.15) is 51.0 Å². The van der Waals surface area contributed by atoms with E-state index in [1.165, 1.54) is 30.3 Å². The lowest BCUT2D eigenvalue weighted by Crippen LogP contribution is -2.29. The molecule has 1 aliphatic carbocycles. The van der Waals surface area contributed by atoms with E-state index in [-0.39, 0.29) is 29.4 Å². The van der Waals surface area contributed by atoms with Crippen LogP contribution in [0, 0.1) is 23.4 Å². The fraction of sp³-hybridized carbons (Fsp3) is 0.370. The first-order chi connectivity index (χ1) is 17.4. The SMILES string of the molecule is CCOC(=O)[C@H]1CC[C@@H](OC2=NC=C(c3cc(F)c(-c4nc5cc(F)ccc5[nH]4)c(F)c3)CC2)CC1. The molecule has 1 aliphatic heterocycles. The third kappa shape index (κ3) is 5.01. The van der Waals surface area contributed by atoms with Crippen molar-refractivity contribution in [3.8, 4) is 11.4 Å². The maximum absolute atomic E-state index is 15.0. The zero-order valence-electron chi connectivity index (χ0n) is 19.8. The van der Waals surface area contributed by atoms with Gasteiger partial charge in [-0.05, 0) is 74.4 Å². The van der Waals surface area contributed by atoms with E-state index in [1.807, 2.05) is 0 Å². The Hall–Kier alpha value is -3.62. The Labute approximate surface area is 206 Å². The van der Waals surface area contributed by atoms with Gasteiger partial charge in [0.2, 0.25) is 0 Å². The van der Waals surface area contributed by atoms with E-state index in [2.05, 4.69) is 15.0 Å². The van der Waals surface area contributed by atoms with E-state index in [4.69, 9.17) is 9.47 Å². The number of carbonyl (C=O) groups is 1. The normalized spacial score (nSPS) is 20.1. The molecule has 0 unspecified atom stereocenters. The van der Waals surface area contributed by atoms with Gasteiger partial charge in [-0.2, -0.15) is 0 Å². The first kappa shape index (κ1) is 24.1. The summed E-state index contributed by atoms with van der Waals surface area (Å²) in [5.41, 5.74) is 1.58. The predicted octanol–water partition coefficient (Wildman–Crippen LogP) is 6.32. The number of H-pyrrole nitrogens is 1. The largest absolute Gasteiger partial charge is 0.477 e. The number of rotatable bonds is 5. The summed E-state index contributed by atoms with van der Waals surface area (Å²) in [6.07, 6.45) is 5.59. The number of nitrogens with zero attached hydrogens (tertiary/aromatic N) is 2. The molecule has 5 rings (SSSR count). The summed E-state index contributed by atoms with van der Waals surface area (Å²) in [7, 11) is 0. The summed E-state index contributed by atoms with van der Waals surface area (Å²) < 4.78 is 54.6. The second-order valence-corrected chi connectivity index (χ2v) is 9.08. The zero-order chi connectivity index (χ0) is 25.2. The number of halogens is 3. The lowest BCUT2D eigenvalue weighted by Gasteiger charge is -2.28. The van der Waals surface area contributed by atoms with Crippen molar-refractivity contribution < 1.29 is 27.4 Å². The predicted molar refractivity (Wildman–Crippen MR) is 130 cm³/mol. The Balaban J connectivity index is 1.27.